The number of aromatic amines is 1. The smallest absolute Gasteiger partial charge is 0.257 e. The molecular weight excluding hydrogens is 352 g/mol. The van der Waals surface area contributed by atoms with Crippen LogP contribution in [0.3, 0.4) is 0 Å². The number of methoxy groups -OCH3 is 1. The summed E-state index contributed by atoms with van der Waals surface area (Å²) in [6, 6.07) is 14.1. The first-order chi connectivity index (χ1) is 13.7. The van der Waals surface area contributed by atoms with E-state index < -0.39 is 0 Å². The standard InChI is InChI=1S/C22H24N4O2/c1-15-18(14-23-25-15)22(27)26-12-6-10-20(26)19-9-5-8-17(24-19)13-16-7-3-4-11-21(16)28-2/h3-5,7-9,11,14,20H,6,10,12-13H2,1-2H3,(H,23,25)/t20-/m1/s1. The number of aromatic nitrogens is 3. The number of nitrogens with zero attached hydrogens (tertiary/aromatic N) is 3. The van der Waals surface area contributed by atoms with Crippen LogP contribution in [-0.2, 0) is 6.42 Å². The molecule has 1 fully saturated rings. The van der Waals surface area contributed by atoms with Crippen molar-refractivity contribution in [1.29, 1.82) is 0 Å². The highest BCUT2D eigenvalue weighted by molar-refractivity contribution is 5.95. The fourth-order valence-corrected chi connectivity index (χ4v) is 3.86. The Bertz CT molecular complexity index is 982. The summed E-state index contributed by atoms with van der Waals surface area (Å²) in [6.07, 6.45) is 4.21. The average Bonchev–Trinajstić information content (AvgIpc) is 3.37. The van der Waals surface area contributed by atoms with Gasteiger partial charge in [-0.2, -0.15) is 5.10 Å². The third-order valence-electron chi connectivity index (χ3n) is 5.31. The number of ether oxygens (including phenoxy) is 1. The number of pyridine rings is 1. The molecule has 2 aromatic heterocycles. The number of hydrogen-bond donors (Lipinski definition) is 1. The summed E-state index contributed by atoms with van der Waals surface area (Å²) < 4.78 is 5.46. The largest absolute Gasteiger partial charge is 0.496 e. The van der Waals surface area contributed by atoms with Gasteiger partial charge in [0.25, 0.3) is 5.91 Å². The summed E-state index contributed by atoms with van der Waals surface area (Å²) >= 11 is 0. The predicted octanol–water partition coefficient (Wildman–Crippen LogP) is 3.69. The Hall–Kier alpha value is -3.15. The maximum atomic E-state index is 13.0. The first kappa shape index (κ1) is 18.2. The van der Waals surface area contributed by atoms with E-state index in [2.05, 4.69) is 16.3 Å². The molecule has 6 nitrogen and oxygen atoms in total. The molecule has 1 saturated heterocycles. The molecule has 144 valence electrons. The van der Waals surface area contributed by atoms with Gasteiger partial charge in [-0.05, 0) is 38.0 Å². The molecule has 0 aliphatic carbocycles. The molecule has 4 rings (SSSR count). The molecule has 0 saturated carbocycles. The zero-order valence-electron chi connectivity index (χ0n) is 16.2. The summed E-state index contributed by atoms with van der Waals surface area (Å²) in [7, 11) is 1.68. The highest BCUT2D eigenvalue weighted by Crippen LogP contribution is 2.33. The maximum absolute atomic E-state index is 13.0. The van der Waals surface area contributed by atoms with Crippen LogP contribution in [0.25, 0.3) is 0 Å². The van der Waals surface area contributed by atoms with Crippen molar-refractivity contribution in [3.63, 3.8) is 0 Å². The molecule has 0 radical (unpaired) electrons. The fourth-order valence-electron chi connectivity index (χ4n) is 3.86. The molecule has 1 N–H and O–H groups in total. The Morgan fingerprint density at radius 1 is 1.25 bits per heavy atom. The first-order valence-electron chi connectivity index (χ1n) is 9.56. The fraction of sp³-hybridized carbons (Fsp3) is 0.318. The predicted molar refractivity (Wildman–Crippen MR) is 106 cm³/mol. The Morgan fingerprint density at radius 3 is 2.89 bits per heavy atom. The van der Waals surface area contributed by atoms with Crippen molar-refractivity contribution in [3.05, 3.63) is 76.9 Å². The monoisotopic (exact) mass is 376 g/mol. The summed E-state index contributed by atoms with van der Waals surface area (Å²) in [5.74, 6) is 0.883. The number of carbonyl (C=O) groups is 1. The Labute approximate surface area is 164 Å². The lowest BCUT2D eigenvalue weighted by molar-refractivity contribution is 0.0732. The van der Waals surface area contributed by atoms with Crippen molar-refractivity contribution in [2.45, 2.75) is 32.2 Å². The molecule has 1 aromatic carbocycles. The number of carbonyl (C=O) groups excluding carboxylic acids is 1. The lowest BCUT2D eigenvalue weighted by Crippen LogP contribution is -2.31. The third-order valence-corrected chi connectivity index (χ3v) is 5.31. The molecule has 0 bridgehead atoms. The van der Waals surface area contributed by atoms with Crippen molar-refractivity contribution in [1.82, 2.24) is 20.1 Å². The van der Waals surface area contributed by atoms with E-state index in [1.54, 1.807) is 13.3 Å². The Kier molecular flexibility index (Phi) is 5.10. The third kappa shape index (κ3) is 3.50. The number of H-pyrrole nitrogens is 1. The highest BCUT2D eigenvalue weighted by Gasteiger charge is 2.32. The van der Waals surface area contributed by atoms with Crippen LogP contribution in [0.15, 0.2) is 48.7 Å². The molecule has 3 aromatic rings. The molecule has 28 heavy (non-hydrogen) atoms. The molecule has 1 aliphatic rings. The average molecular weight is 376 g/mol. The van der Waals surface area contributed by atoms with Crippen molar-refractivity contribution in [3.8, 4) is 5.75 Å². The second kappa shape index (κ2) is 7.84. The van der Waals surface area contributed by atoms with Crippen LogP contribution in [0, 0.1) is 6.92 Å². The van der Waals surface area contributed by atoms with Gasteiger partial charge in [0.2, 0.25) is 0 Å². The van der Waals surface area contributed by atoms with Gasteiger partial charge in [-0.15, -0.1) is 0 Å². The lowest BCUT2D eigenvalue weighted by atomic mass is 10.1. The van der Waals surface area contributed by atoms with Crippen LogP contribution in [-0.4, -0.2) is 39.6 Å². The number of aryl methyl sites for hydroxylation is 1. The van der Waals surface area contributed by atoms with Crippen LogP contribution in [0.5, 0.6) is 5.75 Å². The van der Waals surface area contributed by atoms with Crippen LogP contribution in [0.1, 0.15) is 51.9 Å². The normalized spacial score (nSPS) is 16.4. The van der Waals surface area contributed by atoms with Crippen LogP contribution < -0.4 is 4.74 Å². The molecule has 0 unspecified atom stereocenters. The van der Waals surface area contributed by atoms with Crippen LogP contribution >= 0.6 is 0 Å². The van der Waals surface area contributed by atoms with Crippen molar-refractivity contribution < 1.29 is 9.53 Å². The Balaban J connectivity index is 1.58. The van der Waals surface area contributed by atoms with Gasteiger partial charge >= 0.3 is 0 Å². The van der Waals surface area contributed by atoms with Gasteiger partial charge in [0.1, 0.15) is 5.75 Å². The van der Waals surface area contributed by atoms with Crippen molar-refractivity contribution in [2.75, 3.05) is 13.7 Å². The van der Waals surface area contributed by atoms with E-state index in [1.807, 2.05) is 48.2 Å². The van der Waals surface area contributed by atoms with E-state index >= 15 is 0 Å². The van der Waals surface area contributed by atoms with E-state index in [0.29, 0.717) is 12.0 Å². The van der Waals surface area contributed by atoms with Crippen molar-refractivity contribution in [2.24, 2.45) is 0 Å². The van der Waals surface area contributed by atoms with E-state index in [1.165, 1.54) is 0 Å². The van der Waals surface area contributed by atoms with E-state index in [9.17, 15) is 4.79 Å². The van der Waals surface area contributed by atoms with Gasteiger partial charge in [-0.25, -0.2) is 0 Å². The number of benzene rings is 1. The molecule has 1 aliphatic heterocycles. The molecule has 3 heterocycles. The minimum atomic E-state index is -0.000538. The zero-order valence-corrected chi connectivity index (χ0v) is 16.2. The summed E-state index contributed by atoms with van der Waals surface area (Å²) in [6.45, 7) is 2.62. The molecule has 1 amide bonds. The minimum Gasteiger partial charge on any atom is -0.496 e. The lowest BCUT2D eigenvalue weighted by Gasteiger charge is -2.24. The van der Waals surface area contributed by atoms with Gasteiger partial charge < -0.3 is 9.64 Å². The number of likely N-dealkylation sites (tertiary alicyclic amines) is 1. The summed E-state index contributed by atoms with van der Waals surface area (Å²) in [5, 5.41) is 6.84. The van der Waals surface area contributed by atoms with E-state index in [-0.39, 0.29) is 11.9 Å². The van der Waals surface area contributed by atoms with E-state index in [4.69, 9.17) is 9.72 Å². The summed E-state index contributed by atoms with van der Waals surface area (Å²) in [4.78, 5) is 19.8. The van der Waals surface area contributed by atoms with Gasteiger partial charge in [0, 0.05) is 29.9 Å². The molecule has 6 heteroatoms. The van der Waals surface area contributed by atoms with E-state index in [0.717, 1.165) is 47.8 Å². The quantitative estimate of drug-likeness (QED) is 0.737. The van der Waals surface area contributed by atoms with Crippen LogP contribution in [0.4, 0.5) is 0 Å². The maximum Gasteiger partial charge on any atom is 0.257 e. The number of nitrogens with one attached hydrogen (secondary N) is 1. The molecule has 1 atom stereocenters. The van der Waals surface area contributed by atoms with Gasteiger partial charge in [-0.3, -0.25) is 14.9 Å². The SMILES string of the molecule is COc1ccccc1Cc1cccc([C@H]2CCCN2C(=O)c2cn[nH]c2C)n1. The Morgan fingerprint density at radius 2 is 2.11 bits per heavy atom. The second-order valence-electron chi connectivity index (χ2n) is 7.11. The highest BCUT2D eigenvalue weighted by atomic mass is 16.5. The van der Waals surface area contributed by atoms with Crippen LogP contribution in [0.2, 0.25) is 0 Å². The molecular formula is C22H24N4O2. The molecule has 0 spiro atoms. The van der Waals surface area contributed by atoms with Gasteiger partial charge in [0.15, 0.2) is 0 Å². The zero-order chi connectivity index (χ0) is 19.5. The van der Waals surface area contributed by atoms with Gasteiger partial charge in [-0.1, -0.05) is 24.3 Å². The first-order valence-corrected chi connectivity index (χ1v) is 9.56. The number of amides is 1. The number of hydrogen-bond acceptors (Lipinski definition) is 4. The number of para-hydroxylation sites is 1. The topological polar surface area (TPSA) is 71.1 Å². The van der Waals surface area contributed by atoms with Crippen molar-refractivity contribution >= 4 is 5.91 Å². The van der Waals surface area contributed by atoms with Gasteiger partial charge in [0.05, 0.1) is 30.6 Å². The number of rotatable bonds is 5. The summed E-state index contributed by atoms with van der Waals surface area (Å²) in [5.41, 5.74) is 4.45. The minimum absolute atomic E-state index is 0.000538. The second-order valence-corrected chi connectivity index (χ2v) is 7.11.